The van der Waals surface area contributed by atoms with Crippen LogP contribution in [-0.2, 0) is 0 Å². The molecule has 1 heterocycles. The van der Waals surface area contributed by atoms with Crippen molar-refractivity contribution in [2.45, 2.75) is 39.8 Å². The van der Waals surface area contributed by atoms with E-state index in [2.05, 4.69) is 116 Å². The van der Waals surface area contributed by atoms with E-state index >= 15 is 0 Å². The minimum absolute atomic E-state index is 0.131. The number of nitrogens with zero attached hydrogens (tertiary/aromatic N) is 2. The SMILES string of the molecule is CCC1=C(CC)N(c2ccccc2)C(c2ccccc2)N(c2ccc(C)cc2)C1. The van der Waals surface area contributed by atoms with Crippen molar-refractivity contribution in [1.29, 1.82) is 0 Å². The lowest BCUT2D eigenvalue weighted by Gasteiger charge is -2.48. The highest BCUT2D eigenvalue weighted by Gasteiger charge is 2.35. The van der Waals surface area contributed by atoms with Crippen LogP contribution in [0.1, 0.15) is 44.0 Å². The molecule has 0 saturated heterocycles. The van der Waals surface area contributed by atoms with Crippen LogP contribution in [0, 0.1) is 6.92 Å². The second-order valence-corrected chi connectivity index (χ2v) is 7.71. The van der Waals surface area contributed by atoms with Gasteiger partial charge in [-0.05, 0) is 55.2 Å². The maximum absolute atomic E-state index is 2.56. The number of rotatable bonds is 5. The van der Waals surface area contributed by atoms with E-state index in [1.54, 1.807) is 0 Å². The molecule has 29 heavy (non-hydrogen) atoms. The van der Waals surface area contributed by atoms with Crippen molar-refractivity contribution >= 4 is 11.4 Å². The lowest BCUT2D eigenvalue weighted by molar-refractivity contribution is 0.575. The Hall–Kier alpha value is -3.00. The van der Waals surface area contributed by atoms with Crippen LogP contribution in [0.25, 0.3) is 0 Å². The zero-order valence-electron chi connectivity index (χ0n) is 17.7. The summed E-state index contributed by atoms with van der Waals surface area (Å²) in [6.07, 6.45) is 2.23. The molecule has 1 aliphatic heterocycles. The standard InChI is InChI=1S/C27H30N2/c1-4-22-20-28(24-18-16-21(3)17-19-24)27(23-12-8-6-9-13-23)29(26(22)5-2)25-14-10-7-11-15-25/h6-19,27H,4-5,20H2,1-3H3. The molecule has 0 fully saturated rings. The number of aryl methyl sites for hydroxylation is 1. The van der Waals surface area contributed by atoms with Crippen LogP contribution in [0.2, 0.25) is 0 Å². The zero-order valence-corrected chi connectivity index (χ0v) is 17.7. The second kappa shape index (κ2) is 8.57. The van der Waals surface area contributed by atoms with E-state index in [1.807, 2.05) is 0 Å². The number of benzene rings is 3. The first kappa shape index (κ1) is 19.3. The van der Waals surface area contributed by atoms with Crippen molar-refractivity contribution in [2.75, 3.05) is 16.3 Å². The van der Waals surface area contributed by atoms with Gasteiger partial charge >= 0.3 is 0 Å². The molecule has 3 aromatic rings. The van der Waals surface area contributed by atoms with Crippen molar-refractivity contribution in [3.8, 4) is 0 Å². The minimum Gasteiger partial charge on any atom is -0.343 e. The van der Waals surface area contributed by atoms with Gasteiger partial charge in [-0.3, -0.25) is 0 Å². The number of hydrogen-bond acceptors (Lipinski definition) is 2. The molecule has 1 unspecified atom stereocenters. The topological polar surface area (TPSA) is 6.48 Å². The Balaban J connectivity index is 1.93. The van der Waals surface area contributed by atoms with Crippen LogP contribution < -0.4 is 9.80 Å². The highest BCUT2D eigenvalue weighted by atomic mass is 15.4. The van der Waals surface area contributed by atoms with Gasteiger partial charge in [0.2, 0.25) is 0 Å². The first-order valence-corrected chi connectivity index (χ1v) is 10.7. The number of allylic oxidation sites excluding steroid dienone is 1. The summed E-state index contributed by atoms with van der Waals surface area (Å²) in [5, 5.41) is 0. The molecular weight excluding hydrogens is 352 g/mol. The maximum atomic E-state index is 2.56. The van der Waals surface area contributed by atoms with Gasteiger partial charge < -0.3 is 9.80 Å². The molecule has 4 rings (SSSR count). The molecule has 0 bridgehead atoms. The predicted molar refractivity (Wildman–Crippen MR) is 124 cm³/mol. The average molecular weight is 383 g/mol. The Morgan fingerprint density at radius 1 is 0.724 bits per heavy atom. The third-order valence-corrected chi connectivity index (χ3v) is 5.86. The predicted octanol–water partition coefficient (Wildman–Crippen LogP) is 7.09. The molecule has 0 aromatic heterocycles. The van der Waals surface area contributed by atoms with E-state index in [1.165, 1.54) is 33.8 Å². The first-order chi connectivity index (χ1) is 14.2. The largest absolute Gasteiger partial charge is 0.343 e. The van der Waals surface area contributed by atoms with Gasteiger partial charge in [0.05, 0.1) is 0 Å². The Bertz CT molecular complexity index is 958. The van der Waals surface area contributed by atoms with Crippen LogP contribution in [0.3, 0.4) is 0 Å². The molecule has 2 heteroatoms. The van der Waals surface area contributed by atoms with Crippen molar-refractivity contribution in [2.24, 2.45) is 0 Å². The summed E-state index contributed by atoms with van der Waals surface area (Å²) in [7, 11) is 0. The monoisotopic (exact) mass is 382 g/mol. The second-order valence-electron chi connectivity index (χ2n) is 7.71. The van der Waals surface area contributed by atoms with Gasteiger partial charge in [-0.1, -0.05) is 80.1 Å². The number of anilines is 2. The van der Waals surface area contributed by atoms with Gasteiger partial charge in [0.1, 0.15) is 6.17 Å². The fourth-order valence-electron chi connectivity index (χ4n) is 4.39. The molecule has 2 nitrogen and oxygen atoms in total. The van der Waals surface area contributed by atoms with Gasteiger partial charge in [-0.15, -0.1) is 0 Å². The van der Waals surface area contributed by atoms with Gasteiger partial charge in [0.15, 0.2) is 0 Å². The van der Waals surface area contributed by atoms with Crippen LogP contribution in [-0.4, -0.2) is 6.54 Å². The Morgan fingerprint density at radius 3 is 1.93 bits per heavy atom. The third kappa shape index (κ3) is 3.80. The molecule has 0 N–H and O–H groups in total. The molecule has 1 aliphatic rings. The van der Waals surface area contributed by atoms with E-state index < -0.39 is 0 Å². The highest BCUT2D eigenvalue weighted by Crippen LogP contribution is 2.42. The van der Waals surface area contributed by atoms with E-state index in [-0.39, 0.29) is 6.17 Å². The summed E-state index contributed by atoms with van der Waals surface area (Å²) in [6.45, 7) is 7.68. The summed E-state index contributed by atoms with van der Waals surface area (Å²) >= 11 is 0. The van der Waals surface area contributed by atoms with Crippen molar-refractivity contribution < 1.29 is 0 Å². The fraction of sp³-hybridized carbons (Fsp3) is 0.259. The van der Waals surface area contributed by atoms with Crippen LogP contribution in [0.4, 0.5) is 11.4 Å². The number of hydrogen-bond donors (Lipinski definition) is 0. The normalized spacial score (nSPS) is 17.0. The molecule has 0 spiro atoms. The first-order valence-electron chi connectivity index (χ1n) is 10.7. The highest BCUT2D eigenvalue weighted by molar-refractivity contribution is 5.63. The van der Waals surface area contributed by atoms with Gasteiger partial charge in [0, 0.05) is 23.6 Å². The van der Waals surface area contributed by atoms with E-state index in [0.29, 0.717) is 0 Å². The molecule has 0 radical (unpaired) electrons. The summed E-state index contributed by atoms with van der Waals surface area (Å²) in [5.41, 5.74) is 8.10. The molecule has 0 amide bonds. The van der Waals surface area contributed by atoms with E-state index in [9.17, 15) is 0 Å². The quantitative estimate of drug-likeness (QED) is 0.464. The Kier molecular flexibility index (Phi) is 5.71. The molecule has 3 aromatic carbocycles. The summed E-state index contributed by atoms with van der Waals surface area (Å²) in [6, 6.07) is 30.7. The van der Waals surface area contributed by atoms with Crippen molar-refractivity contribution in [1.82, 2.24) is 0 Å². The van der Waals surface area contributed by atoms with Gasteiger partial charge in [-0.25, -0.2) is 0 Å². The lowest BCUT2D eigenvalue weighted by Crippen LogP contribution is -2.47. The van der Waals surface area contributed by atoms with E-state index in [0.717, 1.165) is 19.4 Å². The van der Waals surface area contributed by atoms with Crippen molar-refractivity contribution in [3.63, 3.8) is 0 Å². The summed E-state index contributed by atoms with van der Waals surface area (Å²) in [5.74, 6) is 0. The smallest absolute Gasteiger partial charge is 0.132 e. The summed E-state index contributed by atoms with van der Waals surface area (Å²) in [4.78, 5) is 5.11. The fourth-order valence-corrected chi connectivity index (χ4v) is 4.39. The molecule has 1 atom stereocenters. The van der Waals surface area contributed by atoms with Crippen LogP contribution in [0.15, 0.2) is 96.2 Å². The zero-order chi connectivity index (χ0) is 20.2. The average Bonchev–Trinajstić information content (AvgIpc) is 2.79. The van der Waals surface area contributed by atoms with Crippen molar-refractivity contribution in [3.05, 3.63) is 107 Å². The molecule has 148 valence electrons. The van der Waals surface area contributed by atoms with Crippen LogP contribution >= 0.6 is 0 Å². The Labute approximate surface area is 175 Å². The molecule has 0 aliphatic carbocycles. The van der Waals surface area contributed by atoms with Gasteiger partial charge in [-0.2, -0.15) is 0 Å². The van der Waals surface area contributed by atoms with E-state index in [4.69, 9.17) is 0 Å². The Morgan fingerprint density at radius 2 is 1.34 bits per heavy atom. The molecule has 0 saturated carbocycles. The summed E-state index contributed by atoms with van der Waals surface area (Å²) < 4.78 is 0. The minimum atomic E-state index is 0.131. The van der Waals surface area contributed by atoms with Crippen LogP contribution in [0.5, 0.6) is 0 Å². The van der Waals surface area contributed by atoms with Gasteiger partial charge in [0.25, 0.3) is 0 Å². The molecular formula is C27H30N2. The number of para-hydroxylation sites is 1. The maximum Gasteiger partial charge on any atom is 0.132 e. The lowest BCUT2D eigenvalue weighted by atomic mass is 9.97. The third-order valence-electron chi connectivity index (χ3n) is 5.86.